The zero-order valence-electron chi connectivity index (χ0n) is 7.21. The normalized spacial score (nSPS) is 12.5. The van der Waals surface area contributed by atoms with Crippen molar-refractivity contribution in [3.63, 3.8) is 0 Å². The van der Waals surface area contributed by atoms with Crippen LogP contribution >= 0.6 is 0 Å². The maximum Gasteiger partial charge on any atom is 0.522 e. The lowest BCUT2D eigenvalue weighted by Crippen LogP contribution is -2.20. The van der Waals surface area contributed by atoms with Crippen LogP contribution in [0, 0.1) is 5.92 Å². The molecule has 1 aromatic heterocycles. The minimum Gasteiger partial charge on any atom is -0.147 e. The number of aromatic nitrogens is 4. The summed E-state index contributed by atoms with van der Waals surface area (Å²) < 4.78 is 35.8. The highest BCUT2D eigenvalue weighted by Crippen LogP contribution is 2.18. The van der Waals surface area contributed by atoms with Crippen LogP contribution in [0.3, 0.4) is 0 Å². The zero-order valence-corrected chi connectivity index (χ0v) is 7.21. The fourth-order valence-corrected chi connectivity index (χ4v) is 0.798. The number of hydrogen-bond donors (Lipinski definition) is 0. The van der Waals surface area contributed by atoms with Gasteiger partial charge >= 0.3 is 6.30 Å². The lowest BCUT2D eigenvalue weighted by molar-refractivity contribution is -0.222. The van der Waals surface area contributed by atoms with E-state index in [0.29, 0.717) is 6.42 Å². The maximum absolute atomic E-state index is 11.9. The van der Waals surface area contributed by atoms with Crippen LogP contribution in [0.1, 0.15) is 19.7 Å². The SMILES string of the molecule is CC(C)Cc1nnn(C(F)(F)F)n1. The summed E-state index contributed by atoms with van der Waals surface area (Å²) >= 11 is 0. The Morgan fingerprint density at radius 1 is 1.38 bits per heavy atom. The van der Waals surface area contributed by atoms with E-state index >= 15 is 0 Å². The van der Waals surface area contributed by atoms with E-state index in [0.717, 1.165) is 0 Å². The second kappa shape index (κ2) is 3.31. The van der Waals surface area contributed by atoms with Crippen LogP contribution in [0.4, 0.5) is 13.2 Å². The highest BCUT2D eigenvalue weighted by molar-refractivity contribution is 4.78. The molecule has 7 heteroatoms. The molecule has 0 fully saturated rings. The van der Waals surface area contributed by atoms with Crippen LogP contribution in [0.25, 0.3) is 0 Å². The molecule has 0 atom stereocenters. The van der Waals surface area contributed by atoms with Gasteiger partial charge in [0.25, 0.3) is 0 Å². The lowest BCUT2D eigenvalue weighted by atomic mass is 10.1. The van der Waals surface area contributed by atoms with Crippen molar-refractivity contribution in [1.29, 1.82) is 0 Å². The van der Waals surface area contributed by atoms with Gasteiger partial charge in [0.15, 0.2) is 5.82 Å². The van der Waals surface area contributed by atoms with Gasteiger partial charge in [0.05, 0.1) is 0 Å². The summed E-state index contributed by atoms with van der Waals surface area (Å²) in [7, 11) is 0. The van der Waals surface area contributed by atoms with Gasteiger partial charge in [-0.15, -0.1) is 23.4 Å². The first kappa shape index (κ1) is 9.94. The van der Waals surface area contributed by atoms with Crippen LogP contribution in [-0.4, -0.2) is 20.2 Å². The van der Waals surface area contributed by atoms with Gasteiger partial charge in [0, 0.05) is 6.42 Å². The fourth-order valence-electron chi connectivity index (χ4n) is 0.798. The number of tetrazole rings is 1. The van der Waals surface area contributed by atoms with Gasteiger partial charge in [0.1, 0.15) is 0 Å². The van der Waals surface area contributed by atoms with Crippen molar-refractivity contribution in [1.82, 2.24) is 20.2 Å². The lowest BCUT2D eigenvalue weighted by Gasteiger charge is -2.01. The molecule has 0 N–H and O–H groups in total. The van der Waals surface area contributed by atoms with E-state index in [4.69, 9.17) is 0 Å². The van der Waals surface area contributed by atoms with Crippen LogP contribution < -0.4 is 0 Å². The van der Waals surface area contributed by atoms with E-state index < -0.39 is 6.30 Å². The fraction of sp³-hybridized carbons (Fsp3) is 0.833. The van der Waals surface area contributed by atoms with Crippen LogP contribution in [0.2, 0.25) is 0 Å². The molecule has 74 valence electrons. The van der Waals surface area contributed by atoms with Crippen molar-refractivity contribution in [3.05, 3.63) is 5.82 Å². The van der Waals surface area contributed by atoms with Gasteiger partial charge in [-0.3, -0.25) is 0 Å². The van der Waals surface area contributed by atoms with Gasteiger partial charge < -0.3 is 0 Å². The van der Waals surface area contributed by atoms with E-state index in [1.54, 1.807) is 0 Å². The average molecular weight is 194 g/mol. The van der Waals surface area contributed by atoms with E-state index in [2.05, 4.69) is 15.4 Å². The Morgan fingerprint density at radius 2 is 2.00 bits per heavy atom. The Kier molecular flexibility index (Phi) is 2.53. The summed E-state index contributed by atoms with van der Waals surface area (Å²) in [6, 6.07) is 0. The zero-order chi connectivity index (χ0) is 10.1. The molecule has 0 saturated heterocycles. The first-order chi connectivity index (χ1) is 5.89. The quantitative estimate of drug-likeness (QED) is 0.713. The third kappa shape index (κ3) is 2.67. The molecule has 0 bridgehead atoms. The Labute approximate surface area is 72.7 Å². The first-order valence-electron chi connectivity index (χ1n) is 3.75. The standard InChI is InChI=1S/C6H9F3N4/c1-4(2)3-5-10-12-13(11-5)6(7,8)9/h4H,3H2,1-2H3. The monoisotopic (exact) mass is 194 g/mol. The second-order valence-corrected chi connectivity index (χ2v) is 3.06. The molecule has 0 aromatic carbocycles. The minimum absolute atomic E-state index is 0.118. The van der Waals surface area contributed by atoms with Gasteiger partial charge in [-0.2, -0.15) is 0 Å². The van der Waals surface area contributed by atoms with Gasteiger partial charge in [-0.05, 0) is 11.1 Å². The molecule has 1 aromatic rings. The predicted octanol–water partition coefficient (Wildman–Crippen LogP) is 1.35. The van der Waals surface area contributed by atoms with Crippen LogP contribution in [-0.2, 0) is 12.7 Å². The summed E-state index contributed by atoms with van der Waals surface area (Å²) in [6.45, 7) is 3.74. The van der Waals surface area contributed by atoms with E-state index in [-0.39, 0.29) is 16.5 Å². The predicted molar refractivity (Wildman–Crippen MR) is 37.7 cm³/mol. The molecule has 13 heavy (non-hydrogen) atoms. The number of alkyl halides is 3. The molecule has 0 amide bonds. The van der Waals surface area contributed by atoms with Crippen molar-refractivity contribution >= 4 is 0 Å². The number of nitrogens with zero attached hydrogens (tertiary/aromatic N) is 4. The smallest absolute Gasteiger partial charge is 0.147 e. The molecule has 0 saturated carbocycles. The average Bonchev–Trinajstić information content (AvgIpc) is 2.32. The molecule has 0 spiro atoms. The van der Waals surface area contributed by atoms with Crippen molar-refractivity contribution in [2.24, 2.45) is 5.92 Å². The summed E-state index contributed by atoms with van der Waals surface area (Å²) in [6.07, 6.45) is -4.17. The number of rotatable bonds is 2. The number of halogens is 3. The highest BCUT2D eigenvalue weighted by atomic mass is 19.4. The van der Waals surface area contributed by atoms with Crippen LogP contribution in [0.15, 0.2) is 0 Å². The molecular weight excluding hydrogens is 185 g/mol. The Hall–Kier alpha value is -1.14. The van der Waals surface area contributed by atoms with E-state index in [1.165, 1.54) is 0 Å². The largest absolute Gasteiger partial charge is 0.522 e. The molecule has 0 aliphatic heterocycles. The van der Waals surface area contributed by atoms with Gasteiger partial charge in [0.2, 0.25) is 0 Å². The third-order valence-corrected chi connectivity index (χ3v) is 1.27. The Morgan fingerprint density at radius 3 is 2.38 bits per heavy atom. The topological polar surface area (TPSA) is 43.6 Å². The van der Waals surface area contributed by atoms with Gasteiger partial charge in [-0.1, -0.05) is 18.6 Å². The molecule has 4 nitrogen and oxygen atoms in total. The summed E-state index contributed by atoms with van der Waals surface area (Å²) in [5.74, 6) is 0.332. The van der Waals surface area contributed by atoms with Gasteiger partial charge in [-0.25, -0.2) is 0 Å². The number of hydrogen-bond acceptors (Lipinski definition) is 3. The first-order valence-corrected chi connectivity index (χ1v) is 3.75. The molecular formula is C6H9F3N4. The van der Waals surface area contributed by atoms with E-state index in [1.807, 2.05) is 13.8 Å². The molecule has 0 aliphatic rings. The minimum atomic E-state index is -4.57. The van der Waals surface area contributed by atoms with Crippen LogP contribution in [0.5, 0.6) is 0 Å². The van der Waals surface area contributed by atoms with Crippen molar-refractivity contribution in [2.75, 3.05) is 0 Å². The molecule has 0 aliphatic carbocycles. The second-order valence-electron chi connectivity index (χ2n) is 3.06. The van der Waals surface area contributed by atoms with Crippen molar-refractivity contribution in [2.45, 2.75) is 26.6 Å². The molecule has 0 unspecified atom stereocenters. The molecule has 1 rings (SSSR count). The van der Waals surface area contributed by atoms with E-state index in [9.17, 15) is 13.2 Å². The Balaban J connectivity index is 2.75. The molecule has 1 heterocycles. The molecule has 0 radical (unpaired) electrons. The summed E-state index contributed by atoms with van der Waals surface area (Å²) in [4.78, 5) is -0.329. The van der Waals surface area contributed by atoms with Crippen molar-refractivity contribution in [3.8, 4) is 0 Å². The third-order valence-electron chi connectivity index (χ3n) is 1.27. The summed E-state index contributed by atoms with van der Waals surface area (Å²) in [5, 5.41) is 9.37. The summed E-state index contributed by atoms with van der Waals surface area (Å²) in [5.41, 5.74) is 0. The van der Waals surface area contributed by atoms with Crippen molar-refractivity contribution < 1.29 is 13.2 Å². The highest BCUT2D eigenvalue weighted by Gasteiger charge is 2.34. The maximum atomic E-state index is 11.9. The Bertz CT molecular complexity index is 278.